The molecule has 0 saturated carbocycles. The predicted molar refractivity (Wildman–Crippen MR) is 84.5 cm³/mol. The third-order valence-electron chi connectivity index (χ3n) is 3.44. The normalized spacial score (nSPS) is 12.3. The third-order valence-corrected chi connectivity index (χ3v) is 3.44. The Bertz CT molecular complexity index is 448. The van der Waals surface area contributed by atoms with E-state index >= 15 is 0 Å². The van der Waals surface area contributed by atoms with Gasteiger partial charge in [0.05, 0.1) is 0 Å². The molecule has 0 spiro atoms. The minimum atomic E-state index is -0.275. The zero-order chi connectivity index (χ0) is 15.8. The molecule has 0 bridgehead atoms. The van der Waals surface area contributed by atoms with Crippen LogP contribution in [-0.2, 0) is 6.54 Å². The molecule has 0 aliphatic rings. The zero-order valence-electron chi connectivity index (χ0n) is 13.5. The first-order chi connectivity index (χ1) is 9.88. The van der Waals surface area contributed by atoms with Gasteiger partial charge in [0.1, 0.15) is 5.82 Å². The van der Waals surface area contributed by atoms with Crippen LogP contribution in [-0.4, -0.2) is 24.0 Å². The maximum atomic E-state index is 13.1. The molecular weight excluding hydrogens is 267 g/mol. The van der Waals surface area contributed by atoms with Crippen molar-refractivity contribution in [3.05, 3.63) is 35.6 Å². The van der Waals surface area contributed by atoms with Gasteiger partial charge in [-0.25, -0.2) is 9.18 Å². The summed E-state index contributed by atoms with van der Waals surface area (Å²) in [4.78, 5) is 13.6. The Labute approximate surface area is 127 Å². The molecule has 0 heterocycles. The van der Waals surface area contributed by atoms with Crippen LogP contribution in [0.3, 0.4) is 0 Å². The van der Waals surface area contributed by atoms with Crippen LogP contribution in [0, 0.1) is 11.7 Å². The number of amides is 2. The minimum absolute atomic E-state index is 0.115. The SMILES string of the molecule is CC(C)CCCC(C)NC(=O)N(C)Cc1cccc(F)c1. The van der Waals surface area contributed by atoms with Gasteiger partial charge in [0.15, 0.2) is 0 Å². The predicted octanol–water partition coefficient (Wildman–Crippen LogP) is 4.18. The lowest BCUT2D eigenvalue weighted by Gasteiger charge is -2.21. The van der Waals surface area contributed by atoms with E-state index in [9.17, 15) is 9.18 Å². The molecule has 0 aromatic heterocycles. The molecule has 1 aromatic carbocycles. The molecule has 21 heavy (non-hydrogen) atoms. The summed E-state index contributed by atoms with van der Waals surface area (Å²) in [5.41, 5.74) is 0.792. The molecule has 1 unspecified atom stereocenters. The average molecular weight is 294 g/mol. The van der Waals surface area contributed by atoms with E-state index in [2.05, 4.69) is 19.2 Å². The first kappa shape index (κ1) is 17.5. The summed E-state index contributed by atoms with van der Waals surface area (Å²) in [6, 6.07) is 6.38. The largest absolute Gasteiger partial charge is 0.336 e. The molecule has 1 aromatic rings. The van der Waals surface area contributed by atoms with E-state index < -0.39 is 0 Å². The number of hydrogen-bond donors (Lipinski definition) is 1. The van der Waals surface area contributed by atoms with Gasteiger partial charge in [-0.15, -0.1) is 0 Å². The third kappa shape index (κ3) is 7.11. The highest BCUT2D eigenvalue weighted by atomic mass is 19.1. The number of halogens is 1. The summed E-state index contributed by atoms with van der Waals surface area (Å²) in [6.07, 6.45) is 3.28. The maximum absolute atomic E-state index is 13.1. The molecule has 3 nitrogen and oxygen atoms in total. The zero-order valence-corrected chi connectivity index (χ0v) is 13.5. The van der Waals surface area contributed by atoms with Gasteiger partial charge in [0.2, 0.25) is 0 Å². The summed E-state index contributed by atoms with van der Waals surface area (Å²) in [5, 5.41) is 2.98. The van der Waals surface area contributed by atoms with Crippen LogP contribution in [0.2, 0.25) is 0 Å². The fraction of sp³-hybridized carbons (Fsp3) is 0.588. The number of nitrogens with one attached hydrogen (secondary N) is 1. The lowest BCUT2D eigenvalue weighted by molar-refractivity contribution is 0.202. The highest BCUT2D eigenvalue weighted by Crippen LogP contribution is 2.09. The Balaban J connectivity index is 2.36. The number of nitrogens with zero attached hydrogens (tertiary/aromatic N) is 1. The van der Waals surface area contributed by atoms with Crippen LogP contribution in [0.15, 0.2) is 24.3 Å². The van der Waals surface area contributed by atoms with Gasteiger partial charge < -0.3 is 10.2 Å². The first-order valence-electron chi connectivity index (χ1n) is 7.64. The summed E-state index contributed by atoms with van der Waals surface area (Å²) in [5.74, 6) is 0.423. The summed E-state index contributed by atoms with van der Waals surface area (Å²) in [6.45, 7) is 6.84. The standard InChI is InChI=1S/C17H27FN2O/c1-13(2)7-5-8-14(3)19-17(21)20(4)12-15-9-6-10-16(18)11-15/h6,9-11,13-14H,5,7-8,12H2,1-4H3,(H,19,21). The van der Waals surface area contributed by atoms with Crippen molar-refractivity contribution in [2.24, 2.45) is 5.92 Å². The van der Waals surface area contributed by atoms with E-state index in [1.54, 1.807) is 18.0 Å². The number of carbonyl (C=O) groups is 1. The fourth-order valence-electron chi connectivity index (χ4n) is 2.21. The summed E-state index contributed by atoms with van der Waals surface area (Å²) >= 11 is 0. The summed E-state index contributed by atoms with van der Waals surface area (Å²) in [7, 11) is 1.72. The number of carbonyl (C=O) groups excluding carboxylic acids is 1. The number of rotatable bonds is 7. The van der Waals surface area contributed by atoms with Crippen LogP contribution in [0.5, 0.6) is 0 Å². The van der Waals surface area contributed by atoms with E-state index in [4.69, 9.17) is 0 Å². The Morgan fingerprint density at radius 2 is 2.00 bits per heavy atom. The molecule has 2 amide bonds. The Kier molecular flexibility index (Phi) is 7.20. The van der Waals surface area contributed by atoms with Gasteiger partial charge in [0, 0.05) is 19.6 Å². The van der Waals surface area contributed by atoms with Gasteiger partial charge in [-0.1, -0.05) is 38.8 Å². The lowest BCUT2D eigenvalue weighted by Crippen LogP contribution is -2.41. The molecule has 0 radical (unpaired) electrons. The van der Waals surface area contributed by atoms with E-state index in [0.717, 1.165) is 18.4 Å². The molecule has 4 heteroatoms. The average Bonchev–Trinajstić information content (AvgIpc) is 2.38. The quantitative estimate of drug-likeness (QED) is 0.804. The maximum Gasteiger partial charge on any atom is 0.317 e. The van der Waals surface area contributed by atoms with Crippen LogP contribution in [0.25, 0.3) is 0 Å². The summed E-state index contributed by atoms with van der Waals surface area (Å²) < 4.78 is 13.1. The second kappa shape index (κ2) is 8.65. The van der Waals surface area contributed by atoms with Gasteiger partial charge in [-0.05, 0) is 37.0 Å². The van der Waals surface area contributed by atoms with E-state index in [1.165, 1.54) is 18.6 Å². The number of urea groups is 1. The van der Waals surface area contributed by atoms with Crippen molar-refractivity contribution in [3.8, 4) is 0 Å². The van der Waals surface area contributed by atoms with Crippen molar-refractivity contribution < 1.29 is 9.18 Å². The molecule has 0 aliphatic carbocycles. The van der Waals surface area contributed by atoms with Crippen LogP contribution in [0.4, 0.5) is 9.18 Å². The first-order valence-corrected chi connectivity index (χ1v) is 7.64. The van der Waals surface area contributed by atoms with Crippen molar-refractivity contribution in [1.82, 2.24) is 10.2 Å². The molecular formula is C17H27FN2O. The van der Waals surface area contributed by atoms with Gasteiger partial charge >= 0.3 is 6.03 Å². The van der Waals surface area contributed by atoms with E-state index in [-0.39, 0.29) is 17.9 Å². The van der Waals surface area contributed by atoms with Crippen molar-refractivity contribution in [1.29, 1.82) is 0 Å². The Hall–Kier alpha value is -1.58. The molecule has 0 aliphatic heterocycles. The smallest absolute Gasteiger partial charge is 0.317 e. The second-order valence-electron chi connectivity index (χ2n) is 6.16. The van der Waals surface area contributed by atoms with Crippen molar-refractivity contribution >= 4 is 6.03 Å². The van der Waals surface area contributed by atoms with Crippen LogP contribution < -0.4 is 5.32 Å². The molecule has 0 fully saturated rings. The van der Waals surface area contributed by atoms with Crippen molar-refractivity contribution in [2.75, 3.05) is 7.05 Å². The Morgan fingerprint density at radius 1 is 1.29 bits per heavy atom. The highest BCUT2D eigenvalue weighted by Gasteiger charge is 2.12. The van der Waals surface area contributed by atoms with Crippen LogP contribution >= 0.6 is 0 Å². The molecule has 1 rings (SSSR count). The molecule has 1 atom stereocenters. The van der Waals surface area contributed by atoms with Crippen molar-refractivity contribution in [2.45, 2.75) is 52.6 Å². The number of benzene rings is 1. The lowest BCUT2D eigenvalue weighted by atomic mass is 10.0. The van der Waals surface area contributed by atoms with Gasteiger partial charge in [-0.3, -0.25) is 0 Å². The van der Waals surface area contributed by atoms with Crippen LogP contribution in [0.1, 0.15) is 45.6 Å². The topological polar surface area (TPSA) is 32.3 Å². The van der Waals surface area contributed by atoms with Crippen molar-refractivity contribution in [3.63, 3.8) is 0 Å². The monoisotopic (exact) mass is 294 g/mol. The minimum Gasteiger partial charge on any atom is -0.336 e. The molecule has 1 N–H and O–H groups in total. The van der Waals surface area contributed by atoms with Gasteiger partial charge in [0.25, 0.3) is 0 Å². The highest BCUT2D eigenvalue weighted by molar-refractivity contribution is 5.74. The second-order valence-corrected chi connectivity index (χ2v) is 6.16. The van der Waals surface area contributed by atoms with E-state index in [0.29, 0.717) is 12.5 Å². The van der Waals surface area contributed by atoms with E-state index in [1.807, 2.05) is 13.0 Å². The van der Waals surface area contributed by atoms with Gasteiger partial charge in [-0.2, -0.15) is 0 Å². The number of hydrogen-bond acceptors (Lipinski definition) is 1. The molecule has 0 saturated heterocycles. The Morgan fingerprint density at radius 3 is 2.62 bits per heavy atom. The molecule has 118 valence electrons. The fourth-order valence-corrected chi connectivity index (χ4v) is 2.21.